The highest BCUT2D eigenvalue weighted by atomic mass is 35.5. The number of thiophene rings is 1. The number of hydrogen-bond donors (Lipinski definition) is 1. The molecule has 0 radical (unpaired) electrons. The molecule has 0 amide bonds. The molecule has 0 aliphatic heterocycles. The lowest BCUT2D eigenvalue weighted by Crippen LogP contribution is -2.14. The minimum Gasteiger partial charge on any atom is -0.323 e. The molecular weight excluding hydrogens is 242 g/mol. The first-order valence-electron chi connectivity index (χ1n) is 4.06. The Bertz CT molecular complexity index is 399. The zero-order valence-corrected chi connectivity index (χ0v) is 10.1. The standard InChI is InChI=1S/C8H12ClNO2S2/c1-14(11,12)5-3-7(10)8-6(9)2-4-13-8/h2,4,7H,3,5,10H2,1H3. The van der Waals surface area contributed by atoms with Gasteiger partial charge in [0.2, 0.25) is 0 Å². The largest absolute Gasteiger partial charge is 0.323 e. The number of rotatable bonds is 4. The first kappa shape index (κ1) is 12.0. The number of sulfone groups is 1. The van der Waals surface area contributed by atoms with Crippen molar-refractivity contribution in [2.75, 3.05) is 12.0 Å². The summed E-state index contributed by atoms with van der Waals surface area (Å²) >= 11 is 7.32. The van der Waals surface area contributed by atoms with E-state index in [1.165, 1.54) is 17.6 Å². The molecule has 0 fully saturated rings. The summed E-state index contributed by atoms with van der Waals surface area (Å²) in [5.74, 6) is 0.0996. The Balaban J connectivity index is 2.60. The van der Waals surface area contributed by atoms with Gasteiger partial charge in [-0.25, -0.2) is 8.42 Å². The minimum atomic E-state index is -2.94. The van der Waals surface area contributed by atoms with Crippen LogP contribution in [-0.2, 0) is 9.84 Å². The summed E-state index contributed by atoms with van der Waals surface area (Å²) < 4.78 is 21.8. The molecule has 1 aromatic rings. The minimum absolute atomic E-state index is 0.0996. The van der Waals surface area contributed by atoms with Gasteiger partial charge in [-0.3, -0.25) is 0 Å². The van der Waals surface area contributed by atoms with Gasteiger partial charge in [-0.05, 0) is 17.9 Å². The van der Waals surface area contributed by atoms with E-state index in [1.54, 1.807) is 6.07 Å². The molecule has 0 aliphatic rings. The monoisotopic (exact) mass is 253 g/mol. The normalized spacial score (nSPS) is 14.2. The van der Waals surface area contributed by atoms with Gasteiger partial charge in [0.05, 0.1) is 10.8 Å². The van der Waals surface area contributed by atoms with E-state index in [0.29, 0.717) is 11.4 Å². The molecule has 2 N–H and O–H groups in total. The predicted octanol–water partition coefficient (Wildman–Crippen LogP) is 1.84. The van der Waals surface area contributed by atoms with Crippen molar-refractivity contribution in [3.63, 3.8) is 0 Å². The molecule has 0 saturated carbocycles. The predicted molar refractivity (Wildman–Crippen MR) is 60.6 cm³/mol. The molecule has 1 unspecified atom stereocenters. The lowest BCUT2D eigenvalue weighted by Gasteiger charge is -2.08. The van der Waals surface area contributed by atoms with Gasteiger partial charge >= 0.3 is 0 Å². The third kappa shape index (κ3) is 3.57. The summed E-state index contributed by atoms with van der Waals surface area (Å²) in [4.78, 5) is 0.857. The van der Waals surface area contributed by atoms with Crippen molar-refractivity contribution in [2.45, 2.75) is 12.5 Å². The second-order valence-corrected chi connectivity index (χ2v) is 6.77. The molecule has 3 nitrogen and oxygen atoms in total. The van der Waals surface area contributed by atoms with Crippen molar-refractivity contribution in [1.82, 2.24) is 0 Å². The summed E-state index contributed by atoms with van der Waals surface area (Å²) in [6.07, 6.45) is 1.62. The van der Waals surface area contributed by atoms with Gasteiger partial charge in [0.15, 0.2) is 0 Å². The van der Waals surface area contributed by atoms with Crippen molar-refractivity contribution in [1.29, 1.82) is 0 Å². The molecule has 0 aromatic carbocycles. The Morgan fingerprint density at radius 2 is 2.29 bits per heavy atom. The molecule has 0 bridgehead atoms. The van der Waals surface area contributed by atoms with Crippen LogP contribution in [0.4, 0.5) is 0 Å². The van der Waals surface area contributed by atoms with Crippen LogP contribution in [-0.4, -0.2) is 20.4 Å². The van der Waals surface area contributed by atoms with Gasteiger partial charge in [-0.2, -0.15) is 0 Å². The van der Waals surface area contributed by atoms with Crippen LogP contribution >= 0.6 is 22.9 Å². The average molecular weight is 254 g/mol. The maximum absolute atomic E-state index is 10.9. The van der Waals surface area contributed by atoms with E-state index in [0.717, 1.165) is 4.88 Å². The Morgan fingerprint density at radius 3 is 2.71 bits per heavy atom. The fraction of sp³-hybridized carbons (Fsp3) is 0.500. The fourth-order valence-corrected chi connectivity index (χ4v) is 2.96. The third-order valence-electron chi connectivity index (χ3n) is 1.78. The van der Waals surface area contributed by atoms with Gasteiger partial charge < -0.3 is 5.73 Å². The number of nitrogens with two attached hydrogens (primary N) is 1. The molecule has 1 heterocycles. The smallest absolute Gasteiger partial charge is 0.147 e. The highest BCUT2D eigenvalue weighted by Gasteiger charge is 2.13. The van der Waals surface area contributed by atoms with Crippen LogP contribution in [0.2, 0.25) is 5.02 Å². The molecule has 1 rings (SSSR count). The van der Waals surface area contributed by atoms with Gasteiger partial charge in [0, 0.05) is 17.2 Å². The van der Waals surface area contributed by atoms with Crippen molar-refractivity contribution in [3.8, 4) is 0 Å². The van der Waals surface area contributed by atoms with Crippen molar-refractivity contribution in [3.05, 3.63) is 21.3 Å². The summed E-state index contributed by atoms with van der Waals surface area (Å²) in [6, 6.07) is 1.49. The Hall–Kier alpha value is -0.100. The quantitative estimate of drug-likeness (QED) is 0.891. The van der Waals surface area contributed by atoms with Crippen LogP contribution in [0.1, 0.15) is 17.3 Å². The van der Waals surface area contributed by atoms with E-state index in [9.17, 15) is 8.42 Å². The van der Waals surface area contributed by atoms with Crippen LogP contribution in [0, 0.1) is 0 Å². The highest BCUT2D eigenvalue weighted by Crippen LogP contribution is 2.28. The fourth-order valence-electron chi connectivity index (χ4n) is 1.04. The Morgan fingerprint density at radius 1 is 1.64 bits per heavy atom. The summed E-state index contributed by atoms with van der Waals surface area (Å²) in [7, 11) is -2.94. The van der Waals surface area contributed by atoms with Crippen molar-refractivity contribution < 1.29 is 8.42 Å². The van der Waals surface area contributed by atoms with Gasteiger partial charge in [0.1, 0.15) is 9.84 Å². The van der Waals surface area contributed by atoms with E-state index in [4.69, 9.17) is 17.3 Å². The molecular formula is C8H12ClNO2S2. The number of hydrogen-bond acceptors (Lipinski definition) is 4. The second-order valence-electron chi connectivity index (χ2n) is 3.16. The van der Waals surface area contributed by atoms with Crippen LogP contribution < -0.4 is 5.73 Å². The van der Waals surface area contributed by atoms with Gasteiger partial charge in [-0.15, -0.1) is 11.3 Å². The van der Waals surface area contributed by atoms with E-state index >= 15 is 0 Å². The molecule has 0 aliphatic carbocycles. The van der Waals surface area contributed by atoms with Crippen LogP contribution in [0.15, 0.2) is 11.4 Å². The maximum Gasteiger partial charge on any atom is 0.147 e. The highest BCUT2D eigenvalue weighted by molar-refractivity contribution is 7.90. The summed E-state index contributed by atoms with van der Waals surface area (Å²) in [6.45, 7) is 0. The van der Waals surface area contributed by atoms with Gasteiger partial charge in [-0.1, -0.05) is 11.6 Å². The summed E-state index contributed by atoms with van der Waals surface area (Å²) in [5, 5.41) is 2.47. The number of halogens is 1. The van der Waals surface area contributed by atoms with Crippen LogP contribution in [0.25, 0.3) is 0 Å². The second kappa shape index (κ2) is 4.61. The third-order valence-corrected chi connectivity index (χ3v) is 4.25. The first-order chi connectivity index (χ1) is 6.40. The van der Waals surface area contributed by atoms with E-state index in [1.807, 2.05) is 5.38 Å². The first-order valence-corrected chi connectivity index (χ1v) is 7.38. The van der Waals surface area contributed by atoms with E-state index in [-0.39, 0.29) is 11.8 Å². The van der Waals surface area contributed by atoms with E-state index < -0.39 is 9.84 Å². The van der Waals surface area contributed by atoms with E-state index in [2.05, 4.69) is 0 Å². The lowest BCUT2D eigenvalue weighted by atomic mass is 10.2. The average Bonchev–Trinajstić information content (AvgIpc) is 2.46. The molecule has 80 valence electrons. The molecule has 0 spiro atoms. The Kier molecular flexibility index (Phi) is 3.94. The van der Waals surface area contributed by atoms with Crippen molar-refractivity contribution in [2.24, 2.45) is 5.73 Å². The Labute approximate surface area is 92.8 Å². The van der Waals surface area contributed by atoms with Crippen LogP contribution in [0.5, 0.6) is 0 Å². The molecule has 1 aromatic heterocycles. The van der Waals surface area contributed by atoms with Crippen LogP contribution in [0.3, 0.4) is 0 Å². The summed E-state index contributed by atoms with van der Waals surface area (Å²) in [5.41, 5.74) is 5.81. The SMILES string of the molecule is CS(=O)(=O)CCC(N)c1sccc1Cl. The zero-order valence-electron chi connectivity index (χ0n) is 7.73. The molecule has 0 saturated heterocycles. The lowest BCUT2D eigenvalue weighted by molar-refractivity contribution is 0.592. The molecule has 6 heteroatoms. The molecule has 14 heavy (non-hydrogen) atoms. The van der Waals surface area contributed by atoms with Gasteiger partial charge in [0.25, 0.3) is 0 Å². The molecule has 1 atom stereocenters. The van der Waals surface area contributed by atoms with Crippen molar-refractivity contribution >= 4 is 32.8 Å². The topological polar surface area (TPSA) is 60.2 Å². The zero-order chi connectivity index (χ0) is 10.8. The maximum atomic E-state index is 10.9.